The average Bonchev–Trinajstić information content (AvgIpc) is 1.90. The average molecular weight is 110 g/mol. The summed E-state index contributed by atoms with van der Waals surface area (Å²) in [5.41, 5.74) is 0. The van der Waals surface area contributed by atoms with Crippen LogP contribution >= 0.6 is 0 Å². The summed E-state index contributed by atoms with van der Waals surface area (Å²) in [6.45, 7) is 0.750. The van der Waals surface area contributed by atoms with Gasteiger partial charge < -0.3 is 10.1 Å². The lowest BCUT2D eigenvalue weighted by Crippen LogP contribution is -2.16. The van der Waals surface area contributed by atoms with E-state index in [1.807, 2.05) is 12.2 Å². The minimum atomic E-state index is 0.750. The van der Waals surface area contributed by atoms with Crippen molar-refractivity contribution in [2.24, 2.45) is 0 Å². The summed E-state index contributed by atoms with van der Waals surface area (Å²) in [7, 11) is 1.64. The number of hydrogen-bond acceptors (Lipinski definition) is 2. The molecule has 0 aromatic rings. The van der Waals surface area contributed by atoms with E-state index in [-0.39, 0.29) is 0 Å². The normalized spacial score (nSPS) is 16.9. The summed E-state index contributed by atoms with van der Waals surface area (Å²) < 4.78 is 4.87. The van der Waals surface area contributed by atoms with Crippen LogP contribution in [0.3, 0.4) is 0 Å². The second-order valence-corrected chi connectivity index (χ2v) is 1.46. The fourth-order valence-corrected chi connectivity index (χ4v) is 0.531. The van der Waals surface area contributed by atoms with Crippen molar-refractivity contribution in [2.45, 2.75) is 0 Å². The number of nitrogens with one attached hydrogen (secondary N) is 1. The molecule has 0 amide bonds. The van der Waals surface area contributed by atoms with E-state index in [4.69, 9.17) is 4.74 Å². The number of hydrogen-bond donors (Lipinski definition) is 1. The van der Waals surface area contributed by atoms with Crippen LogP contribution in [-0.4, -0.2) is 13.7 Å². The van der Waals surface area contributed by atoms with Gasteiger partial charge >= 0.3 is 0 Å². The maximum atomic E-state index is 4.87. The van der Waals surface area contributed by atoms with Crippen LogP contribution in [0.25, 0.3) is 0 Å². The van der Waals surface area contributed by atoms with E-state index >= 15 is 0 Å². The monoisotopic (exact) mass is 110 g/mol. The second-order valence-electron chi connectivity index (χ2n) is 1.46. The van der Waals surface area contributed by atoms with Crippen LogP contribution in [0.4, 0.5) is 0 Å². The first kappa shape index (κ1) is 5.22. The fraction of sp³-hybridized carbons (Fsp3) is 0.333. The molecule has 0 unspecified atom stereocenters. The molecule has 0 spiro atoms. The Kier molecular flexibility index (Phi) is 1.57. The van der Waals surface area contributed by atoms with Crippen molar-refractivity contribution in [1.29, 1.82) is 0 Å². The van der Waals surface area contributed by atoms with Gasteiger partial charge in [0, 0.05) is 6.54 Å². The highest BCUT2D eigenvalue weighted by atomic mass is 16.5. The van der Waals surface area contributed by atoms with Gasteiger partial charge in [-0.2, -0.15) is 0 Å². The van der Waals surface area contributed by atoms with Crippen LogP contribution in [0.1, 0.15) is 0 Å². The molecule has 2 nitrogen and oxygen atoms in total. The molecule has 1 radical (unpaired) electrons. The molecule has 0 aromatic carbocycles. The zero-order chi connectivity index (χ0) is 5.82. The third kappa shape index (κ3) is 1.03. The van der Waals surface area contributed by atoms with E-state index in [2.05, 4.69) is 11.4 Å². The quantitative estimate of drug-likeness (QED) is 0.528. The molecule has 0 saturated carbocycles. The standard InChI is InChI=1S/C6H8NO/c1-8-6-4-2-3-5-7-6/h2,4,7H,5H2,1H3. The largest absolute Gasteiger partial charge is 0.483 e. The van der Waals surface area contributed by atoms with Gasteiger partial charge in [0.15, 0.2) is 5.88 Å². The Morgan fingerprint density at radius 2 is 2.75 bits per heavy atom. The Labute approximate surface area is 48.8 Å². The summed E-state index contributed by atoms with van der Waals surface area (Å²) >= 11 is 0. The highest BCUT2D eigenvalue weighted by Crippen LogP contribution is 1.93. The Morgan fingerprint density at radius 1 is 1.88 bits per heavy atom. The van der Waals surface area contributed by atoms with Gasteiger partial charge in [0.25, 0.3) is 0 Å². The van der Waals surface area contributed by atoms with Gasteiger partial charge in [-0.3, -0.25) is 0 Å². The molecule has 1 heterocycles. The minimum Gasteiger partial charge on any atom is -0.483 e. The van der Waals surface area contributed by atoms with E-state index < -0.39 is 0 Å². The van der Waals surface area contributed by atoms with Gasteiger partial charge in [-0.15, -0.1) is 0 Å². The Balaban J connectivity index is 2.50. The lowest BCUT2D eigenvalue weighted by atomic mass is 10.4. The van der Waals surface area contributed by atoms with Crippen molar-refractivity contribution in [3.63, 3.8) is 0 Å². The van der Waals surface area contributed by atoms with Crippen molar-refractivity contribution in [3.8, 4) is 0 Å². The topological polar surface area (TPSA) is 21.3 Å². The Morgan fingerprint density at radius 3 is 3.12 bits per heavy atom. The first-order valence-corrected chi connectivity index (χ1v) is 2.48. The first-order valence-electron chi connectivity index (χ1n) is 2.48. The summed E-state index contributed by atoms with van der Waals surface area (Å²) in [6, 6.07) is 0. The molecule has 0 aliphatic carbocycles. The highest BCUT2D eigenvalue weighted by Gasteiger charge is 1.92. The molecule has 0 fully saturated rings. The van der Waals surface area contributed by atoms with E-state index in [9.17, 15) is 0 Å². The van der Waals surface area contributed by atoms with E-state index in [1.165, 1.54) is 0 Å². The smallest absolute Gasteiger partial charge is 0.186 e. The van der Waals surface area contributed by atoms with Crippen LogP contribution in [0.5, 0.6) is 0 Å². The van der Waals surface area contributed by atoms with E-state index in [0.717, 1.165) is 12.4 Å². The fourth-order valence-electron chi connectivity index (χ4n) is 0.531. The number of allylic oxidation sites excluding steroid dienone is 2. The molecule has 2 heteroatoms. The number of dihydropyridines is 1. The molecule has 0 atom stereocenters. The SMILES string of the molecule is COC1=CC=[C]CN1. The van der Waals surface area contributed by atoms with Gasteiger partial charge in [-0.05, 0) is 12.2 Å². The van der Waals surface area contributed by atoms with Crippen molar-refractivity contribution < 1.29 is 4.74 Å². The Bertz CT molecular complexity index is 126. The molecule has 1 N–H and O–H groups in total. The van der Waals surface area contributed by atoms with Crippen LogP contribution in [0, 0.1) is 6.08 Å². The summed E-state index contributed by atoms with van der Waals surface area (Å²) in [5, 5.41) is 2.97. The summed E-state index contributed by atoms with van der Waals surface area (Å²) in [4.78, 5) is 0. The lowest BCUT2D eigenvalue weighted by molar-refractivity contribution is 0.263. The molecular weight excluding hydrogens is 102 g/mol. The van der Waals surface area contributed by atoms with Crippen LogP contribution in [0.15, 0.2) is 18.0 Å². The van der Waals surface area contributed by atoms with Crippen LogP contribution < -0.4 is 5.32 Å². The van der Waals surface area contributed by atoms with E-state index in [0.29, 0.717) is 0 Å². The van der Waals surface area contributed by atoms with Gasteiger partial charge in [-0.1, -0.05) is 6.08 Å². The number of methoxy groups -OCH3 is 1. The summed E-state index contributed by atoms with van der Waals surface area (Å²) in [5.74, 6) is 0.809. The molecular formula is C6H8NO. The van der Waals surface area contributed by atoms with Crippen molar-refractivity contribution >= 4 is 0 Å². The van der Waals surface area contributed by atoms with Crippen molar-refractivity contribution in [1.82, 2.24) is 5.32 Å². The van der Waals surface area contributed by atoms with Gasteiger partial charge in [0.05, 0.1) is 7.11 Å². The molecule has 43 valence electrons. The Hall–Kier alpha value is -0.920. The molecule has 8 heavy (non-hydrogen) atoms. The molecule has 1 rings (SSSR count). The predicted molar refractivity (Wildman–Crippen MR) is 30.9 cm³/mol. The van der Waals surface area contributed by atoms with Crippen LogP contribution in [0.2, 0.25) is 0 Å². The predicted octanol–water partition coefficient (Wildman–Crippen LogP) is 0.437. The van der Waals surface area contributed by atoms with Gasteiger partial charge in [-0.25, -0.2) is 0 Å². The second kappa shape index (κ2) is 2.40. The van der Waals surface area contributed by atoms with Crippen molar-refractivity contribution in [3.05, 3.63) is 24.1 Å². The molecule has 0 aromatic heterocycles. The lowest BCUT2D eigenvalue weighted by Gasteiger charge is -2.08. The maximum absolute atomic E-state index is 4.87. The van der Waals surface area contributed by atoms with Gasteiger partial charge in [0.1, 0.15) is 0 Å². The first-order chi connectivity index (χ1) is 3.93. The molecule has 0 bridgehead atoms. The van der Waals surface area contributed by atoms with E-state index in [1.54, 1.807) is 7.11 Å². The third-order valence-corrected chi connectivity index (χ3v) is 0.937. The van der Waals surface area contributed by atoms with Gasteiger partial charge in [0.2, 0.25) is 0 Å². The highest BCUT2D eigenvalue weighted by molar-refractivity contribution is 5.08. The maximum Gasteiger partial charge on any atom is 0.186 e. The van der Waals surface area contributed by atoms with Crippen LogP contribution in [-0.2, 0) is 4.74 Å². The zero-order valence-electron chi connectivity index (χ0n) is 4.77. The summed E-state index contributed by atoms with van der Waals surface area (Å²) in [6.07, 6.45) is 6.64. The zero-order valence-corrected chi connectivity index (χ0v) is 4.77. The number of rotatable bonds is 1. The minimum absolute atomic E-state index is 0.750. The molecule has 1 aliphatic heterocycles. The molecule has 1 aliphatic rings. The third-order valence-electron chi connectivity index (χ3n) is 0.937. The van der Waals surface area contributed by atoms with Crippen molar-refractivity contribution in [2.75, 3.05) is 13.7 Å². The molecule has 0 saturated heterocycles. The number of ether oxygens (including phenoxy) is 1.